The molecule has 2 heterocycles. The topological polar surface area (TPSA) is 110 Å². The first kappa shape index (κ1) is 23.3. The number of nitrogens with one attached hydrogen (secondary N) is 3. The number of carbonyl (C=O) groups excluding carboxylic acids is 2. The number of guanidine groups is 1. The first-order valence-electron chi connectivity index (χ1n) is 12.1. The van der Waals surface area contributed by atoms with E-state index in [1.165, 1.54) is 0 Å². The Bertz CT molecular complexity index is 1110. The lowest BCUT2D eigenvalue weighted by atomic mass is 10.0. The summed E-state index contributed by atoms with van der Waals surface area (Å²) in [6.07, 6.45) is 3.39. The van der Waals surface area contributed by atoms with Gasteiger partial charge in [0.1, 0.15) is 5.75 Å². The Morgan fingerprint density at radius 2 is 2.09 bits per heavy atom. The van der Waals surface area contributed by atoms with E-state index in [1.54, 1.807) is 6.07 Å². The average molecular weight is 479 g/mol. The minimum absolute atomic E-state index is 0.0864. The summed E-state index contributed by atoms with van der Waals surface area (Å²) in [7, 11) is 0. The fourth-order valence-electron chi connectivity index (χ4n) is 4.13. The van der Waals surface area contributed by atoms with Crippen LogP contribution in [0.1, 0.15) is 47.5 Å². The SMILES string of the molecule is O=C1CCN=C(NC(=O)c2ccc(Nc3cccc(OCCC4COCCO4)c3)c(C3CC3)c2)N1. The summed E-state index contributed by atoms with van der Waals surface area (Å²) in [6, 6.07) is 13.5. The molecule has 184 valence electrons. The number of amides is 2. The van der Waals surface area contributed by atoms with Crippen molar-refractivity contribution in [3.8, 4) is 5.75 Å². The van der Waals surface area contributed by atoms with Crippen LogP contribution in [0.3, 0.4) is 0 Å². The third kappa shape index (κ3) is 6.37. The second kappa shape index (κ2) is 10.9. The summed E-state index contributed by atoms with van der Waals surface area (Å²) in [5.41, 5.74) is 3.52. The van der Waals surface area contributed by atoms with Crippen molar-refractivity contribution in [2.75, 3.05) is 38.3 Å². The molecule has 0 spiro atoms. The molecule has 3 N–H and O–H groups in total. The van der Waals surface area contributed by atoms with E-state index < -0.39 is 0 Å². The van der Waals surface area contributed by atoms with Gasteiger partial charge in [0.05, 0.1) is 39.1 Å². The molecule has 1 unspecified atom stereocenters. The molecule has 5 rings (SSSR count). The van der Waals surface area contributed by atoms with Gasteiger partial charge < -0.3 is 19.5 Å². The molecule has 2 aromatic carbocycles. The monoisotopic (exact) mass is 478 g/mol. The molecule has 0 aromatic heterocycles. The molecule has 1 saturated heterocycles. The van der Waals surface area contributed by atoms with E-state index in [1.807, 2.05) is 36.4 Å². The Balaban J connectivity index is 1.23. The van der Waals surface area contributed by atoms with Crippen LogP contribution in [0, 0.1) is 0 Å². The Labute approximate surface area is 204 Å². The Kier molecular flexibility index (Phi) is 7.25. The van der Waals surface area contributed by atoms with Crippen LogP contribution in [0.25, 0.3) is 0 Å². The number of hydrogen-bond donors (Lipinski definition) is 3. The highest BCUT2D eigenvalue weighted by Gasteiger charge is 2.27. The molecule has 35 heavy (non-hydrogen) atoms. The molecule has 2 aliphatic heterocycles. The third-order valence-electron chi connectivity index (χ3n) is 6.14. The fourth-order valence-corrected chi connectivity index (χ4v) is 4.13. The highest BCUT2D eigenvalue weighted by atomic mass is 16.6. The number of carbonyl (C=O) groups is 2. The largest absolute Gasteiger partial charge is 0.493 e. The van der Waals surface area contributed by atoms with Gasteiger partial charge in [-0.25, -0.2) is 0 Å². The van der Waals surface area contributed by atoms with Gasteiger partial charge in [-0.2, -0.15) is 0 Å². The second-order valence-electron chi connectivity index (χ2n) is 8.92. The standard InChI is InChI=1S/C26H30N4O5/c31-24-8-10-27-26(29-24)30-25(32)18-6-7-23(22(14-18)17-4-5-17)28-19-2-1-3-20(15-19)34-11-9-21-16-33-12-13-35-21/h1-3,6-7,14-15,17,21,28H,4-5,8-13,16H2,(H2,27,29,30,31,32). The Morgan fingerprint density at radius 3 is 2.89 bits per heavy atom. The van der Waals surface area contributed by atoms with Gasteiger partial charge in [-0.05, 0) is 54.7 Å². The van der Waals surface area contributed by atoms with E-state index in [-0.39, 0.29) is 23.9 Å². The van der Waals surface area contributed by atoms with Crippen LogP contribution in [0.15, 0.2) is 47.5 Å². The van der Waals surface area contributed by atoms with Gasteiger partial charge in [0, 0.05) is 35.8 Å². The quantitative estimate of drug-likeness (QED) is 0.538. The molecular weight excluding hydrogens is 448 g/mol. The number of aliphatic imine (C=N–C) groups is 1. The van der Waals surface area contributed by atoms with Crippen molar-refractivity contribution < 1.29 is 23.8 Å². The highest BCUT2D eigenvalue weighted by Crippen LogP contribution is 2.44. The van der Waals surface area contributed by atoms with Crippen molar-refractivity contribution in [2.45, 2.75) is 37.7 Å². The van der Waals surface area contributed by atoms with Crippen molar-refractivity contribution >= 4 is 29.1 Å². The molecule has 0 radical (unpaired) electrons. The molecule has 1 aliphatic carbocycles. The third-order valence-corrected chi connectivity index (χ3v) is 6.14. The molecule has 2 amide bonds. The molecule has 1 saturated carbocycles. The van der Waals surface area contributed by atoms with Crippen LogP contribution >= 0.6 is 0 Å². The van der Waals surface area contributed by atoms with Crippen molar-refractivity contribution in [3.05, 3.63) is 53.6 Å². The molecule has 2 aromatic rings. The molecule has 0 bridgehead atoms. The van der Waals surface area contributed by atoms with E-state index in [0.717, 1.165) is 42.0 Å². The van der Waals surface area contributed by atoms with Crippen LogP contribution < -0.4 is 20.7 Å². The van der Waals surface area contributed by atoms with Crippen molar-refractivity contribution in [1.82, 2.24) is 10.6 Å². The number of nitrogens with zero attached hydrogens (tertiary/aromatic N) is 1. The highest BCUT2D eigenvalue weighted by molar-refractivity contribution is 6.10. The normalized spacial score (nSPS) is 19.9. The predicted molar refractivity (Wildman–Crippen MR) is 131 cm³/mol. The van der Waals surface area contributed by atoms with Crippen molar-refractivity contribution in [2.24, 2.45) is 4.99 Å². The lowest BCUT2D eigenvalue weighted by Crippen LogP contribution is -2.46. The second-order valence-corrected chi connectivity index (χ2v) is 8.92. The van der Waals surface area contributed by atoms with Crippen molar-refractivity contribution in [1.29, 1.82) is 0 Å². The van der Waals surface area contributed by atoms with Crippen molar-refractivity contribution in [3.63, 3.8) is 0 Å². The zero-order valence-electron chi connectivity index (χ0n) is 19.5. The molecule has 1 atom stereocenters. The summed E-state index contributed by atoms with van der Waals surface area (Å²) >= 11 is 0. The number of anilines is 2. The van der Waals surface area contributed by atoms with Gasteiger partial charge in [-0.15, -0.1) is 0 Å². The number of rotatable bonds is 8. The summed E-state index contributed by atoms with van der Waals surface area (Å²) < 4.78 is 17.0. The van der Waals surface area contributed by atoms with Gasteiger partial charge in [0.15, 0.2) is 0 Å². The molecular formula is C26H30N4O5. The Hall–Kier alpha value is -3.43. The first-order valence-corrected chi connectivity index (χ1v) is 12.1. The first-order chi connectivity index (χ1) is 17.1. The summed E-state index contributed by atoms with van der Waals surface area (Å²) in [5, 5.41) is 8.78. The van der Waals surface area contributed by atoms with E-state index in [0.29, 0.717) is 50.9 Å². The number of benzene rings is 2. The smallest absolute Gasteiger partial charge is 0.257 e. The van der Waals surface area contributed by atoms with E-state index in [2.05, 4.69) is 20.9 Å². The van der Waals surface area contributed by atoms with Gasteiger partial charge in [-0.3, -0.25) is 25.2 Å². The summed E-state index contributed by atoms with van der Waals surface area (Å²) in [5.74, 6) is 0.985. The van der Waals surface area contributed by atoms with Crippen LogP contribution in [0.5, 0.6) is 5.75 Å². The Morgan fingerprint density at radius 1 is 1.17 bits per heavy atom. The van der Waals surface area contributed by atoms with Gasteiger partial charge in [0.25, 0.3) is 5.91 Å². The minimum Gasteiger partial charge on any atom is -0.493 e. The molecule has 9 heteroatoms. The maximum atomic E-state index is 12.7. The van der Waals surface area contributed by atoms with E-state index in [4.69, 9.17) is 14.2 Å². The molecule has 3 aliphatic rings. The fraction of sp³-hybridized carbons (Fsp3) is 0.423. The number of hydrogen-bond acceptors (Lipinski definition) is 7. The van der Waals surface area contributed by atoms with E-state index in [9.17, 15) is 9.59 Å². The van der Waals surface area contributed by atoms with Gasteiger partial charge in [0.2, 0.25) is 11.9 Å². The maximum absolute atomic E-state index is 12.7. The molecule has 9 nitrogen and oxygen atoms in total. The van der Waals surface area contributed by atoms with Crippen LogP contribution in [-0.2, 0) is 14.3 Å². The molecule has 2 fully saturated rings. The zero-order chi connectivity index (χ0) is 24.0. The summed E-state index contributed by atoms with van der Waals surface area (Å²) in [6.45, 7) is 2.85. The van der Waals surface area contributed by atoms with Gasteiger partial charge in [-0.1, -0.05) is 6.07 Å². The van der Waals surface area contributed by atoms with Crippen LogP contribution in [-0.4, -0.2) is 56.9 Å². The summed E-state index contributed by atoms with van der Waals surface area (Å²) in [4.78, 5) is 28.5. The predicted octanol–water partition coefficient (Wildman–Crippen LogP) is 3.10. The minimum atomic E-state index is -0.290. The van der Waals surface area contributed by atoms with Crippen LogP contribution in [0.2, 0.25) is 0 Å². The lowest BCUT2D eigenvalue weighted by Gasteiger charge is -2.22. The lowest BCUT2D eigenvalue weighted by molar-refractivity contribution is -0.119. The number of ether oxygens (including phenoxy) is 3. The maximum Gasteiger partial charge on any atom is 0.257 e. The zero-order valence-corrected chi connectivity index (χ0v) is 19.5. The van der Waals surface area contributed by atoms with Gasteiger partial charge >= 0.3 is 0 Å². The average Bonchev–Trinajstić information content (AvgIpc) is 3.71. The van der Waals surface area contributed by atoms with E-state index >= 15 is 0 Å². The van der Waals surface area contributed by atoms with Crippen LogP contribution in [0.4, 0.5) is 11.4 Å².